The van der Waals surface area contributed by atoms with Crippen LogP contribution in [0.2, 0.25) is 0 Å². The number of fused-ring (bicyclic) bond motifs is 1. The number of benzene rings is 2. The monoisotopic (exact) mass is 363 g/mol. The Balaban J connectivity index is 1.47. The lowest BCUT2D eigenvalue weighted by Crippen LogP contribution is -2.47. The van der Waals surface area contributed by atoms with Gasteiger partial charge in [-0.15, -0.1) is 0 Å². The van der Waals surface area contributed by atoms with Crippen LogP contribution in [-0.2, 0) is 6.54 Å². The molecule has 2 heterocycles. The van der Waals surface area contributed by atoms with Crippen molar-refractivity contribution in [3.63, 3.8) is 0 Å². The predicted molar refractivity (Wildman–Crippen MR) is 107 cm³/mol. The van der Waals surface area contributed by atoms with Crippen molar-refractivity contribution >= 4 is 16.9 Å². The molecule has 1 aliphatic rings. The van der Waals surface area contributed by atoms with E-state index in [1.54, 1.807) is 6.20 Å². The number of hydrogen-bond donors (Lipinski definition) is 1. The fourth-order valence-electron chi connectivity index (χ4n) is 3.69. The maximum Gasteiger partial charge on any atom is 0.342 e. The fourth-order valence-corrected chi connectivity index (χ4v) is 3.69. The third kappa shape index (κ3) is 4.18. The average Bonchev–Trinajstić information content (AvgIpc) is 3.03. The minimum Gasteiger partial charge on any atom is -0.331 e. The van der Waals surface area contributed by atoms with Crippen molar-refractivity contribution in [3.8, 4) is 0 Å². The lowest BCUT2D eigenvalue weighted by Gasteiger charge is -2.24. The molecule has 4 rings (SSSR count). The van der Waals surface area contributed by atoms with E-state index in [9.17, 15) is 4.79 Å². The first kappa shape index (κ1) is 17.7. The lowest BCUT2D eigenvalue weighted by molar-refractivity contribution is 0.225. The molecule has 1 atom stereocenters. The molecule has 1 aliphatic heterocycles. The highest BCUT2D eigenvalue weighted by Crippen LogP contribution is 2.13. The minimum absolute atomic E-state index is 0.0525. The Kier molecular flexibility index (Phi) is 5.18. The molecule has 0 bridgehead atoms. The second-order valence-corrected chi connectivity index (χ2v) is 7.24. The Labute approximate surface area is 159 Å². The minimum atomic E-state index is -0.170. The summed E-state index contributed by atoms with van der Waals surface area (Å²) in [4.78, 5) is 17.5. The fraction of sp³-hybridized carbons (Fsp3) is 0.333. The quantitative estimate of drug-likeness (QED) is 0.776. The zero-order valence-corrected chi connectivity index (χ0v) is 15.6. The summed E-state index contributed by atoms with van der Waals surface area (Å²) in [6.07, 6.45) is 1.73. The summed E-state index contributed by atoms with van der Waals surface area (Å²) in [5.41, 5.74) is 2.13. The van der Waals surface area contributed by atoms with Crippen LogP contribution in [0.5, 0.6) is 0 Å². The summed E-state index contributed by atoms with van der Waals surface area (Å²) in [5.74, 6) is 0. The summed E-state index contributed by atoms with van der Waals surface area (Å²) < 4.78 is 1.46. The van der Waals surface area contributed by atoms with Gasteiger partial charge in [-0.05, 0) is 18.7 Å². The van der Waals surface area contributed by atoms with Gasteiger partial charge < -0.3 is 10.2 Å². The standard InChI is InChI=1S/C21H25N5O/c1-24-11-12-25(14-17-7-3-2-4-8-17)16-19(15-24)23-21(27)26-20-10-6-5-9-18(20)13-22-26/h2-10,13,19H,11-12,14-16H2,1H3,(H,23,27). The van der Waals surface area contributed by atoms with E-state index in [2.05, 4.69) is 51.5 Å². The van der Waals surface area contributed by atoms with Gasteiger partial charge >= 0.3 is 6.03 Å². The Morgan fingerprint density at radius 1 is 1.07 bits per heavy atom. The van der Waals surface area contributed by atoms with Crippen LogP contribution in [0.1, 0.15) is 5.56 Å². The van der Waals surface area contributed by atoms with Crippen LogP contribution in [-0.4, -0.2) is 64.9 Å². The molecule has 0 radical (unpaired) electrons. The largest absolute Gasteiger partial charge is 0.342 e. The first-order valence-corrected chi connectivity index (χ1v) is 9.37. The topological polar surface area (TPSA) is 53.4 Å². The van der Waals surface area contributed by atoms with Gasteiger partial charge in [-0.1, -0.05) is 48.5 Å². The summed E-state index contributed by atoms with van der Waals surface area (Å²) in [5, 5.41) is 8.41. The van der Waals surface area contributed by atoms with Gasteiger partial charge in [0.1, 0.15) is 0 Å². The molecule has 0 spiro atoms. The Morgan fingerprint density at radius 3 is 2.70 bits per heavy atom. The van der Waals surface area contributed by atoms with E-state index in [1.165, 1.54) is 10.2 Å². The van der Waals surface area contributed by atoms with Crippen LogP contribution in [0.15, 0.2) is 60.8 Å². The molecule has 1 saturated heterocycles. The highest BCUT2D eigenvalue weighted by molar-refractivity contribution is 5.89. The van der Waals surface area contributed by atoms with Gasteiger partial charge in [0.2, 0.25) is 0 Å². The smallest absolute Gasteiger partial charge is 0.331 e. The number of rotatable bonds is 3. The van der Waals surface area contributed by atoms with Gasteiger partial charge in [0.05, 0.1) is 17.8 Å². The molecular weight excluding hydrogens is 338 g/mol. The van der Waals surface area contributed by atoms with E-state index < -0.39 is 0 Å². The summed E-state index contributed by atoms with van der Waals surface area (Å²) in [7, 11) is 2.11. The molecule has 0 aliphatic carbocycles. The normalized spacial score (nSPS) is 19.1. The van der Waals surface area contributed by atoms with Crippen LogP contribution in [0.4, 0.5) is 4.79 Å². The number of amides is 1. The van der Waals surface area contributed by atoms with Crippen molar-refractivity contribution in [1.29, 1.82) is 0 Å². The van der Waals surface area contributed by atoms with Crippen LogP contribution < -0.4 is 5.32 Å². The number of para-hydroxylation sites is 1. The van der Waals surface area contributed by atoms with Crippen LogP contribution in [0, 0.1) is 0 Å². The molecule has 1 aromatic heterocycles. The number of carbonyl (C=O) groups is 1. The molecule has 1 N–H and O–H groups in total. The second kappa shape index (κ2) is 7.90. The third-order valence-corrected chi connectivity index (χ3v) is 5.05. The van der Waals surface area contributed by atoms with Crippen molar-refractivity contribution < 1.29 is 4.79 Å². The van der Waals surface area contributed by atoms with Crippen molar-refractivity contribution in [3.05, 3.63) is 66.4 Å². The van der Waals surface area contributed by atoms with Crippen molar-refractivity contribution in [2.75, 3.05) is 33.2 Å². The second-order valence-electron chi connectivity index (χ2n) is 7.24. The zero-order valence-electron chi connectivity index (χ0n) is 15.6. The van der Waals surface area contributed by atoms with E-state index in [-0.39, 0.29) is 12.1 Å². The summed E-state index contributed by atoms with van der Waals surface area (Å²) in [6.45, 7) is 4.53. The predicted octanol–water partition coefficient (Wildman–Crippen LogP) is 2.41. The van der Waals surface area contributed by atoms with Gasteiger partial charge in [-0.25, -0.2) is 4.79 Å². The Morgan fingerprint density at radius 2 is 1.85 bits per heavy atom. The summed E-state index contributed by atoms with van der Waals surface area (Å²) in [6, 6.07) is 18.1. The van der Waals surface area contributed by atoms with Crippen molar-refractivity contribution in [1.82, 2.24) is 24.9 Å². The average molecular weight is 363 g/mol. The molecule has 1 amide bonds. The maximum atomic E-state index is 12.8. The van der Waals surface area contributed by atoms with Crippen LogP contribution in [0.25, 0.3) is 10.9 Å². The molecule has 6 heteroatoms. The molecule has 0 saturated carbocycles. The number of nitrogens with zero attached hydrogens (tertiary/aromatic N) is 4. The van der Waals surface area contributed by atoms with Crippen LogP contribution in [0.3, 0.4) is 0 Å². The van der Waals surface area contributed by atoms with Gasteiger partial charge in [0.25, 0.3) is 0 Å². The molecule has 1 fully saturated rings. The molecule has 6 nitrogen and oxygen atoms in total. The van der Waals surface area contributed by atoms with E-state index in [4.69, 9.17) is 0 Å². The lowest BCUT2D eigenvalue weighted by atomic mass is 10.2. The van der Waals surface area contributed by atoms with E-state index in [0.29, 0.717) is 0 Å². The molecule has 2 aromatic carbocycles. The number of aromatic nitrogens is 2. The van der Waals surface area contributed by atoms with Crippen molar-refractivity contribution in [2.45, 2.75) is 12.6 Å². The first-order chi connectivity index (χ1) is 13.2. The zero-order chi connectivity index (χ0) is 18.6. The van der Waals surface area contributed by atoms with E-state index in [0.717, 1.165) is 43.6 Å². The molecule has 1 unspecified atom stereocenters. The van der Waals surface area contributed by atoms with E-state index in [1.807, 2.05) is 30.3 Å². The number of hydrogen-bond acceptors (Lipinski definition) is 4. The Hall–Kier alpha value is -2.70. The van der Waals surface area contributed by atoms with Gasteiger partial charge in [0, 0.05) is 38.1 Å². The van der Waals surface area contributed by atoms with Gasteiger partial charge in [-0.2, -0.15) is 9.78 Å². The molecule has 3 aromatic rings. The van der Waals surface area contributed by atoms with E-state index >= 15 is 0 Å². The first-order valence-electron chi connectivity index (χ1n) is 9.37. The van der Waals surface area contributed by atoms with Crippen molar-refractivity contribution in [2.24, 2.45) is 0 Å². The molecular formula is C21H25N5O. The SMILES string of the molecule is CN1CCN(Cc2ccccc2)CC(NC(=O)n2ncc3ccccc32)C1. The number of nitrogens with one attached hydrogen (secondary N) is 1. The molecule has 140 valence electrons. The number of carbonyl (C=O) groups excluding carboxylic acids is 1. The molecule has 27 heavy (non-hydrogen) atoms. The Bertz CT molecular complexity index is 907. The van der Waals surface area contributed by atoms with Crippen LogP contribution >= 0.6 is 0 Å². The van der Waals surface area contributed by atoms with Gasteiger partial charge in [-0.3, -0.25) is 4.90 Å². The summed E-state index contributed by atoms with van der Waals surface area (Å²) >= 11 is 0. The maximum absolute atomic E-state index is 12.8. The highest BCUT2D eigenvalue weighted by Gasteiger charge is 2.23. The highest BCUT2D eigenvalue weighted by atomic mass is 16.2. The van der Waals surface area contributed by atoms with Gasteiger partial charge in [0.15, 0.2) is 0 Å². The third-order valence-electron chi connectivity index (χ3n) is 5.05. The number of likely N-dealkylation sites (N-methyl/N-ethyl adjacent to an activating group) is 1.